The predicted molar refractivity (Wildman–Crippen MR) is 203 cm³/mol. The second-order valence-corrected chi connectivity index (χ2v) is 15.4. The van der Waals surface area contributed by atoms with Crippen molar-refractivity contribution in [3.05, 3.63) is 108 Å². The molecular weight excluding hydrogens is 695 g/mol. The number of carbonyl (C=O) groups excluding carboxylic acids is 3. The van der Waals surface area contributed by atoms with Gasteiger partial charge in [0.2, 0.25) is 11.8 Å². The highest BCUT2D eigenvalue weighted by atomic mass is 32.2. The summed E-state index contributed by atoms with van der Waals surface area (Å²) < 4.78 is 32.2. The number of aryl methyl sites for hydroxylation is 1. The zero-order valence-corrected chi connectivity index (χ0v) is 31.5. The summed E-state index contributed by atoms with van der Waals surface area (Å²) in [7, 11) is -3.92. The molecule has 0 aromatic heterocycles. The van der Waals surface area contributed by atoms with E-state index in [1.54, 1.807) is 53.2 Å². The Morgan fingerprint density at radius 3 is 2.40 bits per heavy atom. The number of hydrogen-bond donors (Lipinski definition) is 2. The van der Waals surface area contributed by atoms with E-state index < -0.39 is 28.4 Å². The Morgan fingerprint density at radius 2 is 1.68 bits per heavy atom. The van der Waals surface area contributed by atoms with Gasteiger partial charge in [-0.15, -0.1) is 6.58 Å². The molecule has 4 amide bonds. The first kappa shape index (κ1) is 39.3. The number of urea groups is 1. The van der Waals surface area contributed by atoms with Gasteiger partial charge in [-0.25, -0.2) is 14.8 Å². The Labute approximate surface area is 313 Å². The minimum atomic E-state index is -3.92. The molecule has 53 heavy (non-hydrogen) atoms. The van der Waals surface area contributed by atoms with Crippen LogP contribution in [0.1, 0.15) is 67.7 Å². The van der Waals surface area contributed by atoms with Crippen molar-refractivity contribution < 1.29 is 32.1 Å². The molecule has 2 aliphatic heterocycles. The molecule has 0 unspecified atom stereocenters. The van der Waals surface area contributed by atoms with Crippen LogP contribution in [0.4, 0.5) is 4.79 Å². The highest BCUT2D eigenvalue weighted by molar-refractivity contribution is 7.87. The van der Waals surface area contributed by atoms with Crippen LogP contribution in [0, 0.1) is 6.92 Å². The Bertz CT molecular complexity index is 1840. The average Bonchev–Trinajstić information content (AvgIpc) is 3.13. The number of phenols is 1. The number of rotatable bonds is 17. The van der Waals surface area contributed by atoms with E-state index in [1.807, 2.05) is 30.3 Å². The van der Waals surface area contributed by atoms with Crippen molar-refractivity contribution in [1.82, 2.24) is 25.1 Å². The van der Waals surface area contributed by atoms with E-state index in [0.717, 1.165) is 37.7 Å². The molecular formula is C40H51N5O7S. The summed E-state index contributed by atoms with van der Waals surface area (Å²) in [4.78, 5) is 45.6. The van der Waals surface area contributed by atoms with Gasteiger partial charge in [-0.1, -0.05) is 106 Å². The smallest absolute Gasteiger partial charge is 0.334 e. The molecule has 5 rings (SSSR count). The van der Waals surface area contributed by atoms with E-state index >= 15 is 0 Å². The van der Waals surface area contributed by atoms with Gasteiger partial charge < -0.3 is 24.4 Å². The van der Waals surface area contributed by atoms with Crippen LogP contribution >= 0.6 is 0 Å². The second kappa shape index (κ2) is 18.2. The number of hydrazine groups is 1. The molecule has 0 saturated carbocycles. The van der Waals surface area contributed by atoms with Crippen LogP contribution in [0.5, 0.6) is 11.5 Å². The lowest BCUT2D eigenvalue weighted by atomic mass is 9.98. The fraction of sp³-hybridized carbons (Fsp3) is 0.425. The van der Waals surface area contributed by atoms with Crippen molar-refractivity contribution in [3.8, 4) is 11.5 Å². The lowest BCUT2D eigenvalue weighted by Crippen LogP contribution is -2.76. The summed E-state index contributed by atoms with van der Waals surface area (Å²) in [6.45, 7) is 7.98. The second-order valence-electron chi connectivity index (χ2n) is 13.7. The fourth-order valence-electron chi connectivity index (χ4n) is 6.94. The van der Waals surface area contributed by atoms with Crippen LogP contribution in [0.15, 0.2) is 85.5 Å². The normalized spacial score (nSPS) is 17.8. The van der Waals surface area contributed by atoms with Gasteiger partial charge in [0.15, 0.2) is 0 Å². The predicted octanol–water partition coefficient (Wildman–Crippen LogP) is 5.51. The molecule has 3 aromatic carbocycles. The van der Waals surface area contributed by atoms with Crippen molar-refractivity contribution >= 4 is 28.0 Å². The maximum atomic E-state index is 14.5. The van der Waals surface area contributed by atoms with Gasteiger partial charge in [0.05, 0.1) is 18.8 Å². The van der Waals surface area contributed by atoms with Gasteiger partial charge in [-0.3, -0.25) is 9.59 Å². The highest BCUT2D eigenvalue weighted by Gasteiger charge is 2.51. The number of aromatic hydroxyl groups is 1. The van der Waals surface area contributed by atoms with E-state index in [9.17, 15) is 27.9 Å². The average molecular weight is 746 g/mol. The molecule has 12 nitrogen and oxygen atoms in total. The quantitative estimate of drug-likeness (QED) is 0.105. The van der Waals surface area contributed by atoms with E-state index in [0.29, 0.717) is 23.1 Å². The molecule has 2 N–H and O–H groups in total. The van der Waals surface area contributed by atoms with Gasteiger partial charge in [0.1, 0.15) is 23.7 Å². The number of amides is 4. The molecule has 2 atom stereocenters. The first-order valence-corrected chi connectivity index (χ1v) is 19.9. The molecule has 3 aromatic rings. The standard InChI is InChI=1S/C40H51N5O7S/c1-4-6-7-8-9-13-24-53(50,51)52-38-30(3)15-14-18-33(38)27-42-28-36-44(35(39(42)48)25-31-19-21-34(46)22-20-31)37(47)29-43(23-5-2)45(36)40(49)41-26-32-16-11-10-12-17-32/h5,10-12,14-22,35-36,46H,2,4,6-9,13,23-29H2,1,3H3,(H,41,49)/t35-,36-/m0/s1. The summed E-state index contributed by atoms with van der Waals surface area (Å²) in [5, 5.41) is 16.0. The molecule has 2 fully saturated rings. The number of nitrogens with zero attached hydrogens (tertiary/aromatic N) is 4. The highest BCUT2D eigenvalue weighted by Crippen LogP contribution is 2.32. The SMILES string of the molecule is C=CCN1CC(=O)N2[C@@H](Cc3ccc(O)cc3)C(=O)N(Cc3cccc(C)c3OS(=O)(=O)CCCCCCCC)C[C@@H]2N1C(=O)NCc1ccccc1. The molecule has 0 radical (unpaired) electrons. The number of hydrogen-bond acceptors (Lipinski definition) is 8. The number of fused-ring (bicyclic) bond motifs is 1. The van der Waals surface area contributed by atoms with Crippen molar-refractivity contribution in [2.24, 2.45) is 0 Å². The molecule has 13 heteroatoms. The van der Waals surface area contributed by atoms with Crippen LogP contribution in [0.3, 0.4) is 0 Å². The zero-order chi connectivity index (χ0) is 38.0. The van der Waals surface area contributed by atoms with E-state index in [-0.39, 0.29) is 68.2 Å². The number of carbonyl (C=O) groups is 3. The number of unbranched alkanes of at least 4 members (excludes halogenated alkanes) is 5. The third-order valence-corrected chi connectivity index (χ3v) is 10.9. The van der Waals surface area contributed by atoms with Crippen LogP contribution in [0.2, 0.25) is 0 Å². The van der Waals surface area contributed by atoms with Crippen LogP contribution in [-0.2, 0) is 39.2 Å². The molecule has 284 valence electrons. The molecule has 2 aliphatic rings. The van der Waals surface area contributed by atoms with Crippen LogP contribution in [0.25, 0.3) is 0 Å². The summed E-state index contributed by atoms with van der Waals surface area (Å²) >= 11 is 0. The monoisotopic (exact) mass is 745 g/mol. The first-order chi connectivity index (χ1) is 25.5. The van der Waals surface area contributed by atoms with Gasteiger partial charge in [-0.05, 0) is 42.2 Å². The van der Waals surface area contributed by atoms with Crippen molar-refractivity contribution in [2.45, 2.75) is 84.1 Å². The van der Waals surface area contributed by atoms with Crippen molar-refractivity contribution in [1.29, 1.82) is 0 Å². The van der Waals surface area contributed by atoms with Crippen LogP contribution in [-0.4, -0.2) is 88.8 Å². The number of nitrogens with one attached hydrogen (secondary N) is 1. The minimum absolute atomic E-state index is 0.0199. The molecule has 0 spiro atoms. The molecule has 0 aliphatic carbocycles. The van der Waals surface area contributed by atoms with Crippen molar-refractivity contribution in [3.63, 3.8) is 0 Å². The number of piperazine rings is 1. The van der Waals surface area contributed by atoms with E-state index in [4.69, 9.17) is 4.18 Å². The first-order valence-electron chi connectivity index (χ1n) is 18.4. The zero-order valence-electron chi connectivity index (χ0n) is 30.7. The Morgan fingerprint density at radius 1 is 0.962 bits per heavy atom. The van der Waals surface area contributed by atoms with Gasteiger partial charge >= 0.3 is 16.1 Å². The third kappa shape index (κ3) is 10.2. The lowest BCUT2D eigenvalue weighted by Gasteiger charge is -2.55. The maximum absolute atomic E-state index is 14.5. The van der Waals surface area contributed by atoms with E-state index in [1.165, 1.54) is 22.0 Å². The van der Waals surface area contributed by atoms with Gasteiger partial charge in [-0.2, -0.15) is 8.42 Å². The molecule has 0 bridgehead atoms. The Hall–Kier alpha value is -4.88. The molecule has 2 saturated heterocycles. The maximum Gasteiger partial charge on any atom is 0.334 e. The van der Waals surface area contributed by atoms with Crippen LogP contribution < -0.4 is 9.50 Å². The number of para-hydroxylation sites is 1. The number of phenolic OH excluding ortho intramolecular Hbond substituents is 1. The summed E-state index contributed by atoms with van der Waals surface area (Å²) in [6, 6.07) is 19.7. The van der Waals surface area contributed by atoms with Gasteiger partial charge in [0.25, 0.3) is 0 Å². The topological polar surface area (TPSA) is 140 Å². The van der Waals surface area contributed by atoms with Gasteiger partial charge in [0, 0.05) is 31.6 Å². The lowest BCUT2D eigenvalue weighted by molar-refractivity contribution is -0.189. The molecule has 2 heterocycles. The third-order valence-electron chi connectivity index (χ3n) is 9.64. The summed E-state index contributed by atoms with van der Waals surface area (Å²) in [5.74, 6) is -0.547. The number of benzene rings is 3. The Kier molecular flexibility index (Phi) is 13.5. The summed E-state index contributed by atoms with van der Waals surface area (Å²) in [5.41, 5.74) is 2.70. The van der Waals surface area contributed by atoms with Crippen molar-refractivity contribution in [2.75, 3.05) is 25.4 Å². The summed E-state index contributed by atoms with van der Waals surface area (Å²) in [6.07, 6.45) is 6.40. The largest absolute Gasteiger partial charge is 0.508 e. The minimum Gasteiger partial charge on any atom is -0.508 e. The van der Waals surface area contributed by atoms with E-state index in [2.05, 4.69) is 18.8 Å². The fourth-order valence-corrected chi connectivity index (χ4v) is 8.08. The Balaban J connectivity index is 1.45.